The molecule has 1 aliphatic rings. The first-order valence-corrected chi connectivity index (χ1v) is 6.44. The molecule has 0 aromatic rings. The molecule has 0 aromatic carbocycles. The molecule has 1 rings (SSSR count). The summed E-state index contributed by atoms with van der Waals surface area (Å²) >= 11 is 0. The standard InChI is InChI=1S/C13H21NO5/c1-5-18-11(16)10(15)8-9-6-7-14(9)12(17)19-13(2,3)4/h9H,5-8H2,1-4H3. The molecule has 0 spiro atoms. The van der Waals surface area contributed by atoms with E-state index in [1.54, 1.807) is 27.7 Å². The lowest BCUT2D eigenvalue weighted by Crippen LogP contribution is -2.53. The number of likely N-dealkylation sites (tertiary alicyclic amines) is 1. The number of Topliss-reactive ketones (excluding diaryl/α,β-unsaturated/α-hetero) is 1. The molecule has 1 heterocycles. The van der Waals surface area contributed by atoms with E-state index in [-0.39, 0.29) is 19.1 Å². The maximum Gasteiger partial charge on any atom is 0.410 e. The van der Waals surface area contributed by atoms with Gasteiger partial charge >= 0.3 is 12.1 Å². The van der Waals surface area contributed by atoms with Gasteiger partial charge in [-0.3, -0.25) is 4.79 Å². The monoisotopic (exact) mass is 271 g/mol. The van der Waals surface area contributed by atoms with Crippen LogP contribution >= 0.6 is 0 Å². The summed E-state index contributed by atoms with van der Waals surface area (Å²) in [5.74, 6) is -1.43. The normalized spacial score (nSPS) is 18.5. The molecule has 0 N–H and O–H groups in total. The van der Waals surface area contributed by atoms with Gasteiger partial charge in [-0.25, -0.2) is 9.59 Å². The number of esters is 1. The van der Waals surface area contributed by atoms with Crippen molar-refractivity contribution < 1.29 is 23.9 Å². The maximum atomic E-state index is 11.8. The number of ketones is 1. The molecular formula is C13H21NO5. The van der Waals surface area contributed by atoms with Crippen LogP contribution in [0.1, 0.15) is 40.5 Å². The van der Waals surface area contributed by atoms with Crippen molar-refractivity contribution in [1.29, 1.82) is 0 Å². The molecule has 1 amide bonds. The Morgan fingerprint density at radius 1 is 1.26 bits per heavy atom. The predicted molar refractivity (Wildman–Crippen MR) is 67.6 cm³/mol. The largest absolute Gasteiger partial charge is 0.460 e. The maximum absolute atomic E-state index is 11.8. The molecule has 6 nitrogen and oxygen atoms in total. The number of rotatable bonds is 4. The summed E-state index contributed by atoms with van der Waals surface area (Å²) in [4.78, 5) is 36.0. The Hall–Kier alpha value is -1.59. The zero-order valence-electron chi connectivity index (χ0n) is 11.9. The Bertz CT molecular complexity index is 372. The predicted octanol–water partition coefficient (Wildman–Crippen LogP) is 1.52. The van der Waals surface area contributed by atoms with Gasteiger partial charge < -0.3 is 14.4 Å². The SMILES string of the molecule is CCOC(=O)C(=O)CC1CCN1C(=O)OC(C)(C)C. The second-order valence-corrected chi connectivity index (χ2v) is 5.46. The van der Waals surface area contributed by atoms with E-state index >= 15 is 0 Å². The highest BCUT2D eigenvalue weighted by Gasteiger charge is 2.37. The molecule has 0 radical (unpaired) electrons. The Morgan fingerprint density at radius 2 is 1.89 bits per heavy atom. The van der Waals surface area contributed by atoms with Crippen molar-refractivity contribution >= 4 is 17.8 Å². The van der Waals surface area contributed by atoms with E-state index in [1.807, 2.05) is 0 Å². The fourth-order valence-electron chi connectivity index (χ4n) is 1.72. The molecule has 1 atom stereocenters. The van der Waals surface area contributed by atoms with Crippen molar-refractivity contribution in [3.8, 4) is 0 Å². The van der Waals surface area contributed by atoms with Crippen molar-refractivity contribution in [2.45, 2.75) is 52.2 Å². The fraction of sp³-hybridized carbons (Fsp3) is 0.769. The lowest BCUT2D eigenvalue weighted by molar-refractivity contribution is -0.154. The number of carbonyl (C=O) groups is 3. The van der Waals surface area contributed by atoms with Crippen molar-refractivity contribution in [1.82, 2.24) is 4.90 Å². The number of nitrogens with zero attached hydrogens (tertiary/aromatic N) is 1. The molecular weight excluding hydrogens is 250 g/mol. The molecule has 108 valence electrons. The van der Waals surface area contributed by atoms with Crippen LogP contribution < -0.4 is 0 Å². The van der Waals surface area contributed by atoms with Gasteiger partial charge in [0.05, 0.1) is 6.61 Å². The van der Waals surface area contributed by atoms with Crippen LogP contribution in [0, 0.1) is 0 Å². The van der Waals surface area contributed by atoms with Crippen LogP contribution in [0.2, 0.25) is 0 Å². The van der Waals surface area contributed by atoms with Gasteiger partial charge in [0.2, 0.25) is 5.78 Å². The van der Waals surface area contributed by atoms with Crippen LogP contribution in [0.3, 0.4) is 0 Å². The lowest BCUT2D eigenvalue weighted by Gasteiger charge is -2.40. The molecule has 0 bridgehead atoms. The van der Waals surface area contributed by atoms with Gasteiger partial charge in [0.1, 0.15) is 5.60 Å². The molecule has 6 heteroatoms. The van der Waals surface area contributed by atoms with E-state index < -0.39 is 23.4 Å². The third-order valence-electron chi connectivity index (χ3n) is 2.70. The number of ether oxygens (including phenoxy) is 2. The number of hydrogen-bond acceptors (Lipinski definition) is 5. The summed E-state index contributed by atoms with van der Waals surface area (Å²) in [6.45, 7) is 7.71. The van der Waals surface area contributed by atoms with Gasteiger partial charge in [0, 0.05) is 19.0 Å². The first-order valence-electron chi connectivity index (χ1n) is 6.44. The second kappa shape index (κ2) is 6.04. The third-order valence-corrected chi connectivity index (χ3v) is 2.70. The number of hydrogen-bond donors (Lipinski definition) is 0. The van der Waals surface area contributed by atoms with E-state index in [0.717, 1.165) is 0 Å². The van der Waals surface area contributed by atoms with Crippen LogP contribution in [0.25, 0.3) is 0 Å². The average Bonchev–Trinajstić information content (AvgIpc) is 2.21. The Balaban J connectivity index is 2.46. The second-order valence-electron chi connectivity index (χ2n) is 5.46. The van der Waals surface area contributed by atoms with Crippen molar-refractivity contribution in [3.63, 3.8) is 0 Å². The molecule has 0 aliphatic carbocycles. The summed E-state index contributed by atoms with van der Waals surface area (Å²) in [6.07, 6.45) is 0.253. The van der Waals surface area contributed by atoms with Gasteiger partial charge in [-0.15, -0.1) is 0 Å². The van der Waals surface area contributed by atoms with Crippen LogP contribution in [0.4, 0.5) is 4.79 Å². The Morgan fingerprint density at radius 3 is 2.32 bits per heavy atom. The first kappa shape index (κ1) is 15.5. The molecule has 0 aromatic heterocycles. The highest BCUT2D eigenvalue weighted by Crippen LogP contribution is 2.23. The summed E-state index contributed by atoms with van der Waals surface area (Å²) in [7, 11) is 0. The fourth-order valence-corrected chi connectivity index (χ4v) is 1.72. The van der Waals surface area contributed by atoms with Gasteiger partial charge in [-0.2, -0.15) is 0 Å². The van der Waals surface area contributed by atoms with Crippen LogP contribution in [0.15, 0.2) is 0 Å². The topological polar surface area (TPSA) is 72.9 Å². The van der Waals surface area contributed by atoms with E-state index in [1.165, 1.54) is 4.90 Å². The molecule has 1 aliphatic heterocycles. The summed E-state index contributed by atoms with van der Waals surface area (Å²) in [5, 5.41) is 0. The van der Waals surface area contributed by atoms with Crippen LogP contribution in [0.5, 0.6) is 0 Å². The zero-order chi connectivity index (χ0) is 14.6. The minimum absolute atomic E-state index is 0.00191. The van der Waals surface area contributed by atoms with E-state index in [2.05, 4.69) is 4.74 Å². The number of carbonyl (C=O) groups excluding carboxylic acids is 3. The smallest absolute Gasteiger partial charge is 0.410 e. The average molecular weight is 271 g/mol. The lowest BCUT2D eigenvalue weighted by atomic mass is 9.98. The Labute approximate surface area is 113 Å². The van der Waals surface area contributed by atoms with Crippen molar-refractivity contribution in [2.24, 2.45) is 0 Å². The third kappa shape index (κ3) is 4.54. The highest BCUT2D eigenvalue weighted by atomic mass is 16.6. The van der Waals surface area contributed by atoms with Gasteiger partial charge in [-0.1, -0.05) is 0 Å². The summed E-state index contributed by atoms with van der Waals surface area (Å²) in [6, 6.07) is -0.258. The Kier molecular flexibility index (Phi) is 4.91. The quantitative estimate of drug-likeness (QED) is 0.572. The summed E-state index contributed by atoms with van der Waals surface area (Å²) in [5.41, 5.74) is -0.567. The molecule has 1 fully saturated rings. The van der Waals surface area contributed by atoms with E-state index in [0.29, 0.717) is 13.0 Å². The van der Waals surface area contributed by atoms with E-state index in [9.17, 15) is 14.4 Å². The minimum Gasteiger partial charge on any atom is -0.460 e. The van der Waals surface area contributed by atoms with Crippen LogP contribution in [-0.4, -0.2) is 47.5 Å². The van der Waals surface area contributed by atoms with Gasteiger partial charge in [-0.05, 0) is 34.1 Å². The molecule has 1 unspecified atom stereocenters. The summed E-state index contributed by atoms with van der Waals surface area (Å²) < 4.78 is 9.85. The van der Waals surface area contributed by atoms with Crippen molar-refractivity contribution in [3.05, 3.63) is 0 Å². The molecule has 19 heavy (non-hydrogen) atoms. The number of amides is 1. The van der Waals surface area contributed by atoms with E-state index in [4.69, 9.17) is 4.74 Å². The zero-order valence-corrected chi connectivity index (χ0v) is 11.9. The van der Waals surface area contributed by atoms with Gasteiger partial charge in [0.25, 0.3) is 0 Å². The molecule has 0 saturated carbocycles. The van der Waals surface area contributed by atoms with Crippen molar-refractivity contribution in [2.75, 3.05) is 13.2 Å². The highest BCUT2D eigenvalue weighted by molar-refractivity contribution is 6.33. The molecule has 1 saturated heterocycles. The van der Waals surface area contributed by atoms with Crippen LogP contribution in [-0.2, 0) is 19.1 Å². The first-order chi connectivity index (χ1) is 8.74. The minimum atomic E-state index is -0.835. The van der Waals surface area contributed by atoms with Gasteiger partial charge in [0.15, 0.2) is 0 Å².